The standard InChI is InChI=1S/C15H17O2P/c1-3-13-11-12(2)9-10-15(13)17-18(16)14-7-5-4-6-8-14/h4-11,16H,3H2,1-2H3. The number of hydrogen-bond donors (Lipinski definition) is 1. The van der Waals surface area contributed by atoms with Gasteiger partial charge in [0.25, 0.3) is 8.38 Å². The molecule has 1 N–H and O–H groups in total. The largest absolute Gasteiger partial charge is 0.444 e. The van der Waals surface area contributed by atoms with Crippen molar-refractivity contribution >= 4 is 13.7 Å². The van der Waals surface area contributed by atoms with Crippen LogP contribution in [0.3, 0.4) is 0 Å². The van der Waals surface area contributed by atoms with E-state index < -0.39 is 8.38 Å². The Balaban J connectivity index is 2.19. The van der Waals surface area contributed by atoms with Crippen molar-refractivity contribution < 1.29 is 9.42 Å². The first-order valence-electron chi connectivity index (χ1n) is 6.02. The summed E-state index contributed by atoms with van der Waals surface area (Å²) < 4.78 is 5.70. The molecule has 0 aromatic heterocycles. The van der Waals surface area contributed by atoms with Gasteiger partial charge >= 0.3 is 0 Å². The molecular weight excluding hydrogens is 243 g/mol. The van der Waals surface area contributed by atoms with Crippen molar-refractivity contribution in [3.05, 3.63) is 59.7 Å². The molecule has 0 heterocycles. The van der Waals surface area contributed by atoms with Crippen LogP contribution in [0, 0.1) is 6.92 Å². The third kappa shape index (κ3) is 3.10. The first-order valence-corrected chi connectivity index (χ1v) is 7.23. The number of benzene rings is 2. The van der Waals surface area contributed by atoms with E-state index >= 15 is 0 Å². The lowest BCUT2D eigenvalue weighted by Gasteiger charge is -2.15. The van der Waals surface area contributed by atoms with E-state index in [0.29, 0.717) is 0 Å². The lowest BCUT2D eigenvalue weighted by Crippen LogP contribution is -2.04. The predicted octanol–water partition coefficient (Wildman–Crippen LogP) is 3.57. The molecule has 0 aliphatic heterocycles. The third-order valence-electron chi connectivity index (χ3n) is 2.76. The molecule has 0 radical (unpaired) electrons. The molecule has 2 rings (SSSR count). The Bertz CT molecular complexity index is 511. The molecule has 0 fully saturated rings. The van der Waals surface area contributed by atoms with E-state index in [0.717, 1.165) is 23.0 Å². The molecular formula is C15H17O2P. The van der Waals surface area contributed by atoms with Gasteiger partial charge in [-0.2, -0.15) is 0 Å². The lowest BCUT2D eigenvalue weighted by molar-refractivity contribution is 0.496. The fraction of sp³-hybridized carbons (Fsp3) is 0.200. The maximum Gasteiger partial charge on any atom is 0.262 e. The molecule has 2 nitrogen and oxygen atoms in total. The van der Waals surface area contributed by atoms with Crippen molar-refractivity contribution in [3.8, 4) is 5.75 Å². The van der Waals surface area contributed by atoms with Crippen LogP contribution in [0.15, 0.2) is 48.5 Å². The molecule has 0 saturated carbocycles. The molecule has 0 aliphatic rings. The first-order chi connectivity index (χ1) is 8.70. The molecule has 94 valence electrons. The van der Waals surface area contributed by atoms with Gasteiger partial charge in [0.15, 0.2) is 0 Å². The van der Waals surface area contributed by atoms with Crippen LogP contribution in [0.25, 0.3) is 0 Å². The summed E-state index contributed by atoms with van der Waals surface area (Å²) in [5.74, 6) is 0.778. The van der Waals surface area contributed by atoms with Crippen molar-refractivity contribution in [1.29, 1.82) is 0 Å². The molecule has 0 spiro atoms. The number of hydrogen-bond acceptors (Lipinski definition) is 2. The van der Waals surface area contributed by atoms with Gasteiger partial charge in [-0.1, -0.05) is 42.8 Å². The van der Waals surface area contributed by atoms with Crippen molar-refractivity contribution in [2.24, 2.45) is 0 Å². The number of aryl methyl sites for hydroxylation is 2. The van der Waals surface area contributed by atoms with Gasteiger partial charge in [-0.15, -0.1) is 0 Å². The normalized spacial score (nSPS) is 12.2. The number of rotatable bonds is 4. The second kappa shape index (κ2) is 5.99. The van der Waals surface area contributed by atoms with Gasteiger partial charge in [-0.05, 0) is 37.1 Å². The zero-order chi connectivity index (χ0) is 13.0. The van der Waals surface area contributed by atoms with Crippen molar-refractivity contribution in [3.63, 3.8) is 0 Å². The van der Waals surface area contributed by atoms with Crippen LogP contribution in [-0.4, -0.2) is 4.89 Å². The van der Waals surface area contributed by atoms with E-state index in [2.05, 4.69) is 19.9 Å². The molecule has 1 unspecified atom stereocenters. The Hall–Kier alpha value is -1.37. The van der Waals surface area contributed by atoms with Crippen molar-refractivity contribution in [2.75, 3.05) is 0 Å². The minimum absolute atomic E-state index is 0.778. The van der Waals surface area contributed by atoms with E-state index in [1.54, 1.807) is 0 Å². The Morgan fingerprint density at radius 2 is 1.83 bits per heavy atom. The summed E-state index contributed by atoms with van der Waals surface area (Å²) in [5.41, 5.74) is 2.34. The van der Waals surface area contributed by atoms with Gasteiger partial charge in [-0.3, -0.25) is 0 Å². The third-order valence-corrected chi connectivity index (χ3v) is 3.87. The summed E-state index contributed by atoms with van der Waals surface area (Å²) in [4.78, 5) is 10.1. The summed E-state index contributed by atoms with van der Waals surface area (Å²) in [6.45, 7) is 4.14. The van der Waals surface area contributed by atoms with Crippen LogP contribution in [0.1, 0.15) is 18.1 Å². The summed E-state index contributed by atoms with van der Waals surface area (Å²) >= 11 is 0. The van der Waals surface area contributed by atoms with Crippen LogP contribution < -0.4 is 9.83 Å². The quantitative estimate of drug-likeness (QED) is 0.852. The molecule has 2 aromatic carbocycles. The zero-order valence-corrected chi connectivity index (χ0v) is 11.5. The highest BCUT2D eigenvalue weighted by atomic mass is 31.2. The Morgan fingerprint density at radius 1 is 1.11 bits per heavy atom. The maximum atomic E-state index is 10.1. The van der Waals surface area contributed by atoms with E-state index in [1.807, 2.05) is 42.5 Å². The van der Waals surface area contributed by atoms with Crippen molar-refractivity contribution in [1.82, 2.24) is 0 Å². The summed E-state index contributed by atoms with van der Waals surface area (Å²) in [5, 5.41) is 0.829. The van der Waals surface area contributed by atoms with Gasteiger partial charge in [0.05, 0.1) is 0 Å². The minimum atomic E-state index is -1.58. The molecule has 0 bridgehead atoms. The van der Waals surface area contributed by atoms with Gasteiger partial charge in [0.2, 0.25) is 0 Å². The van der Waals surface area contributed by atoms with Crippen LogP contribution in [0.4, 0.5) is 0 Å². The Labute approximate surface area is 109 Å². The van der Waals surface area contributed by atoms with Crippen LogP contribution >= 0.6 is 8.38 Å². The highest BCUT2D eigenvalue weighted by molar-refractivity contribution is 7.55. The van der Waals surface area contributed by atoms with Gasteiger partial charge in [0.1, 0.15) is 5.75 Å². The molecule has 2 aromatic rings. The first kappa shape index (κ1) is 13.1. The van der Waals surface area contributed by atoms with Gasteiger partial charge in [0, 0.05) is 5.30 Å². The lowest BCUT2D eigenvalue weighted by atomic mass is 10.1. The van der Waals surface area contributed by atoms with Gasteiger partial charge < -0.3 is 9.42 Å². The Kier molecular flexibility index (Phi) is 4.35. The second-order valence-corrected chi connectivity index (χ2v) is 5.41. The average Bonchev–Trinajstić information content (AvgIpc) is 2.41. The summed E-state index contributed by atoms with van der Waals surface area (Å²) in [7, 11) is -1.58. The molecule has 0 amide bonds. The van der Waals surface area contributed by atoms with Crippen LogP contribution in [0.5, 0.6) is 5.75 Å². The molecule has 0 saturated heterocycles. The highest BCUT2D eigenvalue weighted by Crippen LogP contribution is 2.35. The molecule has 18 heavy (non-hydrogen) atoms. The SMILES string of the molecule is CCc1cc(C)ccc1OP(O)c1ccccc1. The van der Waals surface area contributed by atoms with E-state index in [4.69, 9.17) is 4.52 Å². The van der Waals surface area contributed by atoms with Gasteiger partial charge in [-0.25, -0.2) is 0 Å². The van der Waals surface area contributed by atoms with Crippen LogP contribution in [0.2, 0.25) is 0 Å². The minimum Gasteiger partial charge on any atom is -0.444 e. The topological polar surface area (TPSA) is 29.5 Å². The monoisotopic (exact) mass is 260 g/mol. The predicted molar refractivity (Wildman–Crippen MR) is 76.4 cm³/mol. The molecule has 3 heteroatoms. The maximum absolute atomic E-state index is 10.1. The smallest absolute Gasteiger partial charge is 0.262 e. The Morgan fingerprint density at radius 3 is 2.50 bits per heavy atom. The fourth-order valence-corrected chi connectivity index (χ4v) is 2.67. The van der Waals surface area contributed by atoms with E-state index in [9.17, 15) is 4.89 Å². The van der Waals surface area contributed by atoms with Crippen molar-refractivity contribution in [2.45, 2.75) is 20.3 Å². The highest BCUT2D eigenvalue weighted by Gasteiger charge is 2.12. The van der Waals surface area contributed by atoms with Crippen LogP contribution in [-0.2, 0) is 6.42 Å². The fourth-order valence-electron chi connectivity index (χ4n) is 1.77. The summed E-state index contributed by atoms with van der Waals surface area (Å²) in [6, 6.07) is 15.5. The second-order valence-electron chi connectivity index (χ2n) is 4.16. The molecule has 0 aliphatic carbocycles. The molecule has 1 atom stereocenters. The average molecular weight is 260 g/mol. The zero-order valence-electron chi connectivity index (χ0n) is 10.6. The van der Waals surface area contributed by atoms with E-state index in [-0.39, 0.29) is 0 Å². The summed E-state index contributed by atoms with van der Waals surface area (Å²) in [6.07, 6.45) is 0.898. The van der Waals surface area contributed by atoms with E-state index in [1.165, 1.54) is 5.56 Å².